The Hall–Kier alpha value is -0.650. The molecule has 2 heterocycles. The van der Waals surface area contributed by atoms with Crippen molar-refractivity contribution in [2.24, 2.45) is 0 Å². The lowest BCUT2D eigenvalue weighted by Gasteiger charge is -2.42. The molecule has 5 nitrogen and oxygen atoms in total. The second-order valence-corrected chi connectivity index (χ2v) is 5.09. The van der Waals surface area contributed by atoms with E-state index < -0.39 is 11.5 Å². The first kappa shape index (κ1) is 12.8. The minimum absolute atomic E-state index is 0.658. The molecule has 1 unspecified atom stereocenters. The van der Waals surface area contributed by atoms with Gasteiger partial charge in [-0.15, -0.1) is 0 Å². The number of carbonyl (C=O) groups is 1. The molecule has 1 N–H and O–H groups in total. The van der Waals surface area contributed by atoms with Crippen LogP contribution in [0.5, 0.6) is 0 Å². The van der Waals surface area contributed by atoms with Crippen LogP contribution in [0.4, 0.5) is 0 Å². The van der Waals surface area contributed by atoms with E-state index in [-0.39, 0.29) is 0 Å². The molecular formula is C12H22N2O3. The highest BCUT2D eigenvalue weighted by atomic mass is 16.5. The van der Waals surface area contributed by atoms with Crippen LogP contribution in [0.15, 0.2) is 0 Å². The lowest BCUT2D eigenvalue weighted by molar-refractivity contribution is -0.156. The molecule has 2 saturated heterocycles. The van der Waals surface area contributed by atoms with E-state index in [1.54, 1.807) is 0 Å². The largest absolute Gasteiger partial charge is 0.480 e. The van der Waals surface area contributed by atoms with Crippen molar-refractivity contribution in [3.63, 3.8) is 0 Å². The summed E-state index contributed by atoms with van der Waals surface area (Å²) in [5.41, 5.74) is -0.658. The fraction of sp³-hybridized carbons (Fsp3) is 0.917. The van der Waals surface area contributed by atoms with Crippen LogP contribution in [0.3, 0.4) is 0 Å². The molecule has 98 valence electrons. The number of likely N-dealkylation sites (tertiary alicyclic amines) is 1. The monoisotopic (exact) mass is 242 g/mol. The number of morpholine rings is 1. The van der Waals surface area contributed by atoms with Gasteiger partial charge in [0.15, 0.2) is 0 Å². The van der Waals surface area contributed by atoms with Gasteiger partial charge in [-0.3, -0.25) is 9.69 Å². The number of carboxylic acids is 1. The zero-order valence-electron chi connectivity index (χ0n) is 10.5. The molecule has 0 radical (unpaired) electrons. The quantitative estimate of drug-likeness (QED) is 0.752. The fourth-order valence-corrected chi connectivity index (χ4v) is 2.91. The van der Waals surface area contributed by atoms with Crippen LogP contribution in [-0.4, -0.2) is 72.9 Å². The lowest BCUT2D eigenvalue weighted by atomic mass is 9.88. The van der Waals surface area contributed by atoms with Gasteiger partial charge in [-0.1, -0.05) is 0 Å². The summed E-state index contributed by atoms with van der Waals surface area (Å²) >= 11 is 0. The third-order valence-corrected chi connectivity index (χ3v) is 4.05. The van der Waals surface area contributed by atoms with Crippen LogP contribution in [0, 0.1) is 0 Å². The van der Waals surface area contributed by atoms with Gasteiger partial charge in [0.05, 0.1) is 13.2 Å². The fourth-order valence-electron chi connectivity index (χ4n) is 2.91. The van der Waals surface area contributed by atoms with E-state index in [1.807, 2.05) is 0 Å². The van der Waals surface area contributed by atoms with E-state index in [2.05, 4.69) is 16.8 Å². The molecule has 2 rings (SSSR count). The molecule has 0 aliphatic carbocycles. The molecule has 2 fully saturated rings. The summed E-state index contributed by atoms with van der Waals surface area (Å²) in [6.45, 7) is 4.67. The Morgan fingerprint density at radius 1 is 1.18 bits per heavy atom. The maximum absolute atomic E-state index is 11.7. The molecule has 0 aromatic heterocycles. The van der Waals surface area contributed by atoms with Crippen LogP contribution in [0.1, 0.15) is 19.3 Å². The molecule has 0 aromatic carbocycles. The topological polar surface area (TPSA) is 53.0 Å². The molecule has 0 bridgehead atoms. The number of nitrogens with zero attached hydrogens (tertiary/aromatic N) is 2. The summed E-state index contributed by atoms with van der Waals surface area (Å²) in [6, 6.07) is 0. The highest BCUT2D eigenvalue weighted by Gasteiger charge is 2.45. The van der Waals surface area contributed by atoms with Crippen LogP contribution in [-0.2, 0) is 9.53 Å². The summed E-state index contributed by atoms with van der Waals surface area (Å²) in [4.78, 5) is 16.1. The second kappa shape index (κ2) is 5.33. The molecule has 2 aliphatic rings. The first-order valence-corrected chi connectivity index (χ1v) is 6.40. The van der Waals surface area contributed by atoms with Gasteiger partial charge in [-0.05, 0) is 32.9 Å². The number of rotatable bonds is 2. The number of aliphatic carboxylic acids is 1. The van der Waals surface area contributed by atoms with Crippen LogP contribution in [0.25, 0.3) is 0 Å². The van der Waals surface area contributed by atoms with Crippen molar-refractivity contribution < 1.29 is 14.6 Å². The van der Waals surface area contributed by atoms with Crippen molar-refractivity contribution in [2.45, 2.75) is 24.8 Å². The van der Waals surface area contributed by atoms with Gasteiger partial charge < -0.3 is 14.7 Å². The molecule has 5 heteroatoms. The Bertz CT molecular complexity index is 279. The van der Waals surface area contributed by atoms with E-state index in [4.69, 9.17) is 4.74 Å². The van der Waals surface area contributed by atoms with E-state index in [0.29, 0.717) is 13.2 Å². The van der Waals surface area contributed by atoms with Crippen LogP contribution < -0.4 is 0 Å². The molecule has 17 heavy (non-hydrogen) atoms. The highest BCUT2D eigenvalue weighted by Crippen LogP contribution is 2.30. The maximum atomic E-state index is 11.7. The van der Waals surface area contributed by atoms with Gasteiger partial charge in [0.2, 0.25) is 0 Å². The first-order chi connectivity index (χ1) is 8.15. The van der Waals surface area contributed by atoms with E-state index >= 15 is 0 Å². The van der Waals surface area contributed by atoms with Gasteiger partial charge in [0.25, 0.3) is 0 Å². The van der Waals surface area contributed by atoms with Gasteiger partial charge in [-0.2, -0.15) is 0 Å². The van der Waals surface area contributed by atoms with Crippen molar-refractivity contribution in [2.75, 3.05) is 46.4 Å². The average molecular weight is 242 g/mol. The second-order valence-electron chi connectivity index (χ2n) is 5.09. The Labute approximate surface area is 102 Å². The number of hydrogen-bond acceptors (Lipinski definition) is 4. The van der Waals surface area contributed by atoms with Gasteiger partial charge in [0.1, 0.15) is 5.54 Å². The predicted octanol–water partition coefficient (Wildman–Crippen LogP) is 0.258. The van der Waals surface area contributed by atoms with Crippen molar-refractivity contribution in [1.29, 1.82) is 0 Å². The molecule has 0 aromatic rings. The SMILES string of the molecule is CN1CCCC(C(=O)O)(N2CCOCC2)CC1. The van der Waals surface area contributed by atoms with E-state index in [0.717, 1.165) is 45.4 Å². The molecule has 2 aliphatic heterocycles. The van der Waals surface area contributed by atoms with Crippen molar-refractivity contribution in [3.05, 3.63) is 0 Å². The third-order valence-electron chi connectivity index (χ3n) is 4.05. The standard InChI is InChI=1S/C12H22N2O3/c1-13-5-2-3-12(4-6-13,11(15)16)14-7-9-17-10-8-14/h2-10H2,1H3,(H,15,16). The number of hydrogen-bond donors (Lipinski definition) is 1. The highest BCUT2D eigenvalue weighted by molar-refractivity contribution is 5.79. The van der Waals surface area contributed by atoms with Gasteiger partial charge >= 0.3 is 5.97 Å². The Balaban J connectivity index is 2.15. The molecule has 1 atom stereocenters. The molecule has 0 saturated carbocycles. The molecule has 0 amide bonds. The Kier molecular flexibility index (Phi) is 4.01. The van der Waals surface area contributed by atoms with Crippen molar-refractivity contribution >= 4 is 5.97 Å². The average Bonchev–Trinajstić information content (AvgIpc) is 2.53. The Morgan fingerprint density at radius 3 is 2.53 bits per heavy atom. The van der Waals surface area contributed by atoms with Gasteiger partial charge in [0, 0.05) is 19.6 Å². The van der Waals surface area contributed by atoms with Crippen LogP contribution in [0.2, 0.25) is 0 Å². The molecule has 0 spiro atoms. The minimum atomic E-state index is -0.658. The summed E-state index contributed by atoms with van der Waals surface area (Å²) in [7, 11) is 2.07. The predicted molar refractivity (Wildman–Crippen MR) is 64.1 cm³/mol. The van der Waals surface area contributed by atoms with Crippen molar-refractivity contribution in [3.8, 4) is 0 Å². The zero-order valence-corrected chi connectivity index (χ0v) is 10.5. The summed E-state index contributed by atoms with van der Waals surface area (Å²) in [5, 5.41) is 9.65. The lowest BCUT2D eigenvalue weighted by Crippen LogP contribution is -2.58. The number of ether oxygens (including phenoxy) is 1. The van der Waals surface area contributed by atoms with Gasteiger partial charge in [-0.25, -0.2) is 0 Å². The third kappa shape index (κ3) is 2.61. The zero-order chi connectivity index (χ0) is 12.3. The first-order valence-electron chi connectivity index (χ1n) is 6.40. The summed E-state index contributed by atoms with van der Waals surface area (Å²) in [6.07, 6.45) is 2.44. The van der Waals surface area contributed by atoms with E-state index in [1.165, 1.54) is 0 Å². The smallest absolute Gasteiger partial charge is 0.324 e. The Morgan fingerprint density at radius 2 is 1.88 bits per heavy atom. The summed E-state index contributed by atoms with van der Waals surface area (Å²) in [5.74, 6) is -0.658. The summed E-state index contributed by atoms with van der Waals surface area (Å²) < 4.78 is 5.32. The normalized spacial score (nSPS) is 33.2. The van der Waals surface area contributed by atoms with Crippen molar-refractivity contribution in [1.82, 2.24) is 9.80 Å². The molecular weight excluding hydrogens is 220 g/mol. The van der Waals surface area contributed by atoms with Crippen LogP contribution >= 0.6 is 0 Å². The minimum Gasteiger partial charge on any atom is -0.480 e. The number of carboxylic acid groups (broad SMARTS) is 1. The van der Waals surface area contributed by atoms with E-state index in [9.17, 15) is 9.90 Å². The maximum Gasteiger partial charge on any atom is 0.324 e.